The van der Waals surface area contributed by atoms with Gasteiger partial charge in [0.15, 0.2) is 0 Å². The van der Waals surface area contributed by atoms with Crippen LogP contribution in [0.1, 0.15) is 32.7 Å². The lowest BCUT2D eigenvalue weighted by Crippen LogP contribution is -2.43. The van der Waals surface area contributed by atoms with Crippen LogP contribution in [0.5, 0.6) is 0 Å². The predicted octanol–water partition coefficient (Wildman–Crippen LogP) is 4.86. The van der Waals surface area contributed by atoms with E-state index in [2.05, 4.69) is 15.2 Å². The Morgan fingerprint density at radius 1 is 1.23 bits per heavy atom. The summed E-state index contributed by atoms with van der Waals surface area (Å²) in [6, 6.07) is 4.41. The van der Waals surface area contributed by atoms with E-state index in [1.807, 2.05) is 57.0 Å². The maximum atomic E-state index is 12.6. The molecule has 3 heterocycles. The molecule has 5 nitrogen and oxygen atoms in total. The van der Waals surface area contributed by atoms with Gasteiger partial charge in [-0.25, -0.2) is 4.98 Å². The molecule has 26 heavy (non-hydrogen) atoms. The molecule has 0 unspecified atom stereocenters. The second-order valence-corrected chi connectivity index (χ2v) is 9.63. The van der Waals surface area contributed by atoms with Crippen molar-refractivity contribution in [2.24, 2.45) is 0 Å². The second-order valence-electron chi connectivity index (χ2n) is 6.52. The topological polar surface area (TPSA) is 59.0 Å². The van der Waals surface area contributed by atoms with Crippen LogP contribution in [-0.4, -0.2) is 43.8 Å². The summed E-state index contributed by atoms with van der Waals surface area (Å²) >= 11 is 4.69. The number of aryl methyl sites for hydroxylation is 1. The van der Waals surface area contributed by atoms with Gasteiger partial charge in [-0.05, 0) is 46.1 Å². The quantitative estimate of drug-likeness (QED) is 0.547. The van der Waals surface area contributed by atoms with Crippen LogP contribution < -0.4 is 0 Å². The second kappa shape index (κ2) is 8.02. The molecule has 0 fully saturated rings. The third kappa shape index (κ3) is 3.92. The number of rotatable bonds is 6. The van der Waals surface area contributed by atoms with Crippen LogP contribution in [-0.2, 0) is 4.79 Å². The summed E-state index contributed by atoms with van der Waals surface area (Å²) in [5.41, 5.74) is 1.73. The molecule has 1 amide bonds. The van der Waals surface area contributed by atoms with Gasteiger partial charge in [-0.15, -0.1) is 32.9 Å². The molecule has 0 aliphatic carbocycles. The Balaban J connectivity index is 1.88. The summed E-state index contributed by atoms with van der Waals surface area (Å²) in [6.07, 6.45) is 0. The predicted molar refractivity (Wildman–Crippen MR) is 111 cm³/mol. The Morgan fingerprint density at radius 2 is 1.96 bits per heavy atom. The molecule has 3 aromatic heterocycles. The first kappa shape index (κ1) is 19.3. The first-order chi connectivity index (χ1) is 12.4. The van der Waals surface area contributed by atoms with E-state index in [4.69, 9.17) is 0 Å². The molecule has 0 atom stereocenters. The van der Waals surface area contributed by atoms with E-state index in [-0.39, 0.29) is 18.0 Å². The van der Waals surface area contributed by atoms with Crippen molar-refractivity contribution in [2.45, 2.75) is 51.7 Å². The van der Waals surface area contributed by atoms with Crippen LogP contribution in [0.15, 0.2) is 22.5 Å². The van der Waals surface area contributed by atoms with E-state index >= 15 is 0 Å². The Bertz CT molecular complexity index is 895. The fourth-order valence-electron chi connectivity index (χ4n) is 2.97. The van der Waals surface area contributed by atoms with E-state index in [1.165, 1.54) is 11.8 Å². The minimum Gasteiger partial charge on any atom is -0.337 e. The van der Waals surface area contributed by atoms with E-state index < -0.39 is 0 Å². The van der Waals surface area contributed by atoms with Crippen LogP contribution in [0.4, 0.5) is 0 Å². The lowest BCUT2D eigenvalue weighted by Gasteiger charge is -2.30. The first-order valence-electron chi connectivity index (χ1n) is 8.50. The number of nitrogens with zero attached hydrogens (tertiary/aromatic N) is 4. The average molecular weight is 407 g/mol. The van der Waals surface area contributed by atoms with Crippen molar-refractivity contribution in [2.75, 3.05) is 5.75 Å². The third-order valence-corrected chi connectivity index (χ3v) is 6.67. The maximum absolute atomic E-state index is 12.6. The lowest BCUT2D eigenvalue weighted by molar-refractivity contribution is -0.131. The van der Waals surface area contributed by atoms with E-state index in [9.17, 15) is 4.79 Å². The number of hydrogen-bond donors (Lipinski definition) is 0. The molecule has 0 saturated heterocycles. The van der Waals surface area contributed by atoms with Gasteiger partial charge >= 0.3 is 0 Å². The molecule has 0 spiro atoms. The van der Waals surface area contributed by atoms with Crippen molar-refractivity contribution in [1.82, 2.24) is 20.1 Å². The molecule has 0 radical (unpaired) electrons. The minimum absolute atomic E-state index is 0.115. The number of thiophene rings is 1. The fraction of sp³-hybridized carbons (Fsp3) is 0.444. The zero-order valence-corrected chi connectivity index (χ0v) is 18.0. The highest BCUT2D eigenvalue weighted by Crippen LogP contribution is 2.36. The van der Waals surface area contributed by atoms with Gasteiger partial charge in [-0.1, -0.05) is 17.8 Å². The van der Waals surface area contributed by atoms with Gasteiger partial charge < -0.3 is 4.90 Å². The Labute approximate surface area is 165 Å². The van der Waals surface area contributed by atoms with Crippen molar-refractivity contribution >= 4 is 50.6 Å². The normalized spacial score (nSPS) is 11.7. The van der Waals surface area contributed by atoms with E-state index in [1.54, 1.807) is 22.7 Å². The molecule has 0 aromatic carbocycles. The molecular weight excluding hydrogens is 384 g/mol. The molecular formula is C18H22N4OS3. The fourth-order valence-corrected chi connectivity index (χ4v) is 5.52. The molecule has 0 bridgehead atoms. The molecule has 138 valence electrons. The summed E-state index contributed by atoms with van der Waals surface area (Å²) in [6.45, 7) is 10.2. The van der Waals surface area contributed by atoms with Crippen LogP contribution in [0.3, 0.4) is 0 Å². The number of carbonyl (C=O) groups is 1. The zero-order valence-electron chi connectivity index (χ0n) is 15.5. The number of amides is 1. The molecule has 3 rings (SSSR count). The van der Waals surface area contributed by atoms with Gasteiger partial charge in [-0.3, -0.25) is 4.79 Å². The monoisotopic (exact) mass is 406 g/mol. The summed E-state index contributed by atoms with van der Waals surface area (Å²) in [7, 11) is 0. The van der Waals surface area contributed by atoms with Crippen LogP contribution in [0.2, 0.25) is 0 Å². The van der Waals surface area contributed by atoms with Gasteiger partial charge in [0.25, 0.3) is 0 Å². The van der Waals surface area contributed by atoms with Crippen molar-refractivity contribution in [3.05, 3.63) is 22.5 Å². The van der Waals surface area contributed by atoms with Gasteiger partial charge in [0, 0.05) is 12.1 Å². The van der Waals surface area contributed by atoms with E-state index in [0.717, 1.165) is 30.8 Å². The van der Waals surface area contributed by atoms with Crippen LogP contribution >= 0.6 is 34.4 Å². The summed E-state index contributed by atoms with van der Waals surface area (Å²) < 4.78 is 1.04. The maximum Gasteiger partial charge on any atom is 0.233 e. The van der Waals surface area contributed by atoms with Crippen molar-refractivity contribution in [3.8, 4) is 10.6 Å². The Hall–Kier alpha value is -1.51. The summed E-state index contributed by atoms with van der Waals surface area (Å²) in [5.74, 6) is 0.457. The summed E-state index contributed by atoms with van der Waals surface area (Å²) in [4.78, 5) is 20.3. The average Bonchev–Trinajstić information content (AvgIpc) is 3.20. The number of thioether (sulfide) groups is 1. The standard InChI is InChI=1S/C18H22N4OS3/c1-10(2)22(11(3)4)14(23)9-25-18-16-17(26-12(5)19-16)15(20-21-18)13-7-6-8-24-13/h6-8,10-11H,9H2,1-5H3. The highest BCUT2D eigenvalue weighted by Gasteiger charge is 2.22. The number of fused-ring (bicyclic) bond motifs is 1. The molecule has 0 aliphatic rings. The van der Waals surface area contributed by atoms with E-state index in [0.29, 0.717) is 5.75 Å². The Morgan fingerprint density at radius 3 is 2.58 bits per heavy atom. The van der Waals surface area contributed by atoms with Gasteiger partial charge in [0.05, 0.1) is 20.3 Å². The summed E-state index contributed by atoms with van der Waals surface area (Å²) in [5, 5.41) is 12.6. The zero-order chi connectivity index (χ0) is 18.8. The van der Waals surface area contributed by atoms with Crippen LogP contribution in [0.25, 0.3) is 20.8 Å². The third-order valence-electron chi connectivity index (χ3n) is 3.88. The molecule has 3 aromatic rings. The number of thiazole rings is 1. The van der Waals surface area contributed by atoms with Gasteiger partial charge in [-0.2, -0.15) is 0 Å². The highest BCUT2D eigenvalue weighted by atomic mass is 32.2. The van der Waals surface area contributed by atoms with Crippen LogP contribution in [0, 0.1) is 6.92 Å². The van der Waals surface area contributed by atoms with Crippen molar-refractivity contribution in [1.29, 1.82) is 0 Å². The minimum atomic E-state index is 0.115. The molecule has 0 aliphatic heterocycles. The SMILES string of the molecule is Cc1nc2c(SCC(=O)N(C(C)C)C(C)C)nnc(-c3cccs3)c2s1. The number of hydrogen-bond acceptors (Lipinski definition) is 7. The van der Waals surface area contributed by atoms with Gasteiger partial charge in [0.2, 0.25) is 5.91 Å². The lowest BCUT2D eigenvalue weighted by atomic mass is 10.2. The largest absolute Gasteiger partial charge is 0.337 e. The Kier molecular flexibility index (Phi) is 5.94. The molecule has 8 heteroatoms. The van der Waals surface area contributed by atoms with Gasteiger partial charge in [0.1, 0.15) is 16.2 Å². The number of aromatic nitrogens is 3. The smallest absolute Gasteiger partial charge is 0.233 e. The highest BCUT2D eigenvalue weighted by molar-refractivity contribution is 8.00. The van der Waals surface area contributed by atoms with Crippen molar-refractivity contribution < 1.29 is 4.79 Å². The molecule has 0 saturated carbocycles. The number of carbonyl (C=O) groups excluding carboxylic acids is 1. The first-order valence-corrected chi connectivity index (χ1v) is 11.2. The molecule has 0 N–H and O–H groups in total. The van der Waals surface area contributed by atoms with Crippen molar-refractivity contribution in [3.63, 3.8) is 0 Å².